The van der Waals surface area contributed by atoms with E-state index in [1.165, 1.54) is 17.6 Å². The van der Waals surface area contributed by atoms with Crippen LogP contribution < -0.4 is 19.3 Å². The number of rotatable bonds is 8. The lowest BCUT2D eigenvalue weighted by Crippen LogP contribution is -2.51. The van der Waals surface area contributed by atoms with E-state index in [9.17, 15) is 13.2 Å². The molecule has 4 aromatic rings. The van der Waals surface area contributed by atoms with Crippen molar-refractivity contribution < 1.29 is 17.9 Å². The van der Waals surface area contributed by atoms with Crippen molar-refractivity contribution in [2.45, 2.75) is 12.8 Å². The number of anilines is 4. The predicted molar refractivity (Wildman–Crippen MR) is 177 cm³/mol. The summed E-state index contributed by atoms with van der Waals surface area (Å²) in [4.78, 5) is 24.4. The molecule has 238 valence electrons. The van der Waals surface area contributed by atoms with Gasteiger partial charge in [0.1, 0.15) is 5.75 Å². The minimum atomic E-state index is -3.46. The Bertz CT molecular complexity index is 1800. The van der Waals surface area contributed by atoms with Gasteiger partial charge in [-0.25, -0.2) is 17.9 Å². The molecule has 2 aliphatic rings. The van der Waals surface area contributed by atoms with E-state index in [0.29, 0.717) is 29.6 Å². The first kappa shape index (κ1) is 30.7. The molecule has 0 aliphatic carbocycles. The number of nitrogens with one attached hydrogen (secondary N) is 1. The van der Waals surface area contributed by atoms with E-state index in [4.69, 9.17) is 9.84 Å². The summed E-state index contributed by atoms with van der Waals surface area (Å²) in [6.45, 7) is 5.00. The number of likely N-dealkylation sites (N-methyl/N-ethyl adjacent to an activating group) is 1. The molecule has 2 aromatic heterocycles. The van der Waals surface area contributed by atoms with Crippen molar-refractivity contribution in [2.24, 2.45) is 5.92 Å². The lowest BCUT2D eigenvalue weighted by atomic mass is 9.95. The fraction of sp³-hybridized carbons (Fsp3) is 0.406. The van der Waals surface area contributed by atoms with Gasteiger partial charge in [0.2, 0.25) is 21.9 Å². The Morgan fingerprint density at radius 1 is 1.04 bits per heavy atom. The number of carbonyl (C=O) groups is 1. The molecule has 1 atom stereocenters. The lowest BCUT2D eigenvalue weighted by Gasteiger charge is -2.39. The third-order valence-corrected chi connectivity index (χ3v) is 9.99. The van der Waals surface area contributed by atoms with E-state index in [1.54, 1.807) is 23.9 Å². The number of fused-ring (bicyclic) bond motifs is 1. The molecule has 1 N–H and O–H groups in total. The highest BCUT2D eigenvalue weighted by molar-refractivity contribution is 7.92. The maximum atomic E-state index is 13.3. The predicted octanol–water partition coefficient (Wildman–Crippen LogP) is 3.53. The second-order valence-corrected chi connectivity index (χ2v) is 13.8. The standard InChI is InChI=1S/C32H40N8O4S/c1-36-16-18-38(19-17-36)31(41)23-8-7-15-39(22-23)24-11-13-27(30(20-24)44-3)34-32-33-21-25-12-14-29(40(25)35-32)26-9-5-6-10-28(26)37(2)45(4,42)43/h5-6,9-14,20-21,23H,7-8,15-19,22H2,1-4H3,(H,34,35)/t23-/m1/s1. The largest absolute Gasteiger partial charge is 0.494 e. The highest BCUT2D eigenvalue weighted by Crippen LogP contribution is 2.35. The van der Waals surface area contributed by atoms with Gasteiger partial charge in [-0.2, -0.15) is 0 Å². The molecule has 0 radical (unpaired) electrons. The van der Waals surface area contributed by atoms with Gasteiger partial charge in [0.05, 0.1) is 48.1 Å². The molecule has 0 spiro atoms. The number of ether oxygens (including phenoxy) is 1. The zero-order valence-electron chi connectivity index (χ0n) is 26.2. The van der Waals surface area contributed by atoms with Crippen LogP contribution in [0.5, 0.6) is 5.75 Å². The van der Waals surface area contributed by atoms with Gasteiger partial charge in [0, 0.05) is 63.6 Å². The summed E-state index contributed by atoms with van der Waals surface area (Å²) in [6.07, 6.45) is 4.77. The van der Waals surface area contributed by atoms with Crippen LogP contribution in [-0.2, 0) is 14.8 Å². The number of benzene rings is 2. The average molecular weight is 633 g/mol. The van der Waals surface area contributed by atoms with Crippen molar-refractivity contribution in [3.05, 3.63) is 60.8 Å². The Labute approximate surface area is 264 Å². The van der Waals surface area contributed by atoms with Crippen LogP contribution >= 0.6 is 0 Å². The Balaban J connectivity index is 1.22. The number of hydrogen-bond donors (Lipinski definition) is 1. The monoisotopic (exact) mass is 632 g/mol. The molecule has 12 nitrogen and oxygen atoms in total. The number of nitrogens with zero attached hydrogens (tertiary/aromatic N) is 7. The van der Waals surface area contributed by atoms with Crippen LogP contribution in [0.15, 0.2) is 60.8 Å². The lowest BCUT2D eigenvalue weighted by molar-refractivity contribution is -0.137. The molecule has 2 aromatic carbocycles. The highest BCUT2D eigenvalue weighted by Gasteiger charge is 2.31. The van der Waals surface area contributed by atoms with Crippen LogP contribution in [0.25, 0.3) is 16.8 Å². The first-order chi connectivity index (χ1) is 21.6. The second kappa shape index (κ2) is 12.6. The van der Waals surface area contributed by atoms with E-state index in [0.717, 1.165) is 68.0 Å². The topological polar surface area (TPSA) is 116 Å². The first-order valence-electron chi connectivity index (χ1n) is 15.2. The zero-order valence-corrected chi connectivity index (χ0v) is 27.0. The van der Waals surface area contributed by atoms with Gasteiger partial charge in [-0.3, -0.25) is 9.10 Å². The van der Waals surface area contributed by atoms with Crippen LogP contribution in [0.3, 0.4) is 0 Å². The minimum absolute atomic E-state index is 0.0100. The smallest absolute Gasteiger partial charge is 0.245 e. The third kappa shape index (κ3) is 6.40. The highest BCUT2D eigenvalue weighted by atomic mass is 32.2. The van der Waals surface area contributed by atoms with Gasteiger partial charge < -0.3 is 24.8 Å². The van der Waals surface area contributed by atoms with Crippen molar-refractivity contribution in [2.75, 3.05) is 81.3 Å². The van der Waals surface area contributed by atoms with Crippen molar-refractivity contribution in [1.82, 2.24) is 24.4 Å². The van der Waals surface area contributed by atoms with Gasteiger partial charge in [-0.05, 0) is 50.2 Å². The van der Waals surface area contributed by atoms with Crippen molar-refractivity contribution in [1.29, 1.82) is 0 Å². The molecule has 6 rings (SSSR count). The maximum absolute atomic E-state index is 13.3. The van der Waals surface area contributed by atoms with Crippen LogP contribution in [-0.4, -0.2) is 105 Å². The zero-order chi connectivity index (χ0) is 31.7. The number of para-hydroxylation sites is 1. The number of piperazine rings is 1. The number of piperidine rings is 1. The quantitative estimate of drug-likeness (QED) is 0.312. The van der Waals surface area contributed by atoms with Crippen LogP contribution in [0.2, 0.25) is 0 Å². The Kier molecular flexibility index (Phi) is 8.56. The van der Waals surface area contributed by atoms with Crippen LogP contribution in [0, 0.1) is 5.92 Å². The van der Waals surface area contributed by atoms with E-state index in [1.807, 2.05) is 53.4 Å². The normalized spacial score (nSPS) is 17.8. The number of aromatic nitrogens is 3. The molecule has 2 fully saturated rings. The Morgan fingerprint density at radius 3 is 2.58 bits per heavy atom. The number of carbonyl (C=O) groups excluding carboxylic acids is 1. The SMILES string of the molecule is COc1cc(N2CCC[C@@H](C(=O)N3CCN(C)CC3)C2)ccc1Nc1ncc2ccc(-c3ccccc3N(C)S(C)(=O)=O)n2n1. The summed E-state index contributed by atoms with van der Waals surface area (Å²) in [5.41, 5.74) is 4.48. The Hall–Kier alpha value is -4.36. The van der Waals surface area contributed by atoms with Gasteiger partial charge >= 0.3 is 0 Å². The molecule has 0 saturated carbocycles. The van der Waals surface area contributed by atoms with Gasteiger partial charge in [0.15, 0.2) is 0 Å². The van der Waals surface area contributed by atoms with Crippen molar-refractivity contribution in [3.63, 3.8) is 0 Å². The summed E-state index contributed by atoms with van der Waals surface area (Å²) >= 11 is 0. The molecule has 45 heavy (non-hydrogen) atoms. The fourth-order valence-electron chi connectivity index (χ4n) is 6.10. The maximum Gasteiger partial charge on any atom is 0.245 e. The van der Waals surface area contributed by atoms with Gasteiger partial charge in [-0.15, -0.1) is 5.10 Å². The molecule has 0 bridgehead atoms. The molecule has 1 amide bonds. The Morgan fingerprint density at radius 2 is 1.82 bits per heavy atom. The van der Waals surface area contributed by atoms with E-state index >= 15 is 0 Å². The van der Waals surface area contributed by atoms with Crippen molar-refractivity contribution in [3.8, 4) is 17.0 Å². The summed E-state index contributed by atoms with van der Waals surface area (Å²) in [6, 6.07) is 17.1. The molecule has 4 heterocycles. The summed E-state index contributed by atoms with van der Waals surface area (Å²) in [7, 11) is 1.80. The average Bonchev–Trinajstić information content (AvgIpc) is 3.47. The number of methoxy groups -OCH3 is 1. The van der Waals surface area contributed by atoms with Crippen molar-refractivity contribution >= 4 is 44.5 Å². The molecule has 2 saturated heterocycles. The van der Waals surface area contributed by atoms with E-state index in [2.05, 4.69) is 27.1 Å². The van der Waals surface area contributed by atoms with Crippen LogP contribution in [0.1, 0.15) is 12.8 Å². The second-order valence-electron chi connectivity index (χ2n) is 11.8. The first-order valence-corrected chi connectivity index (χ1v) is 17.0. The third-order valence-electron chi connectivity index (χ3n) is 8.80. The van der Waals surface area contributed by atoms with E-state index < -0.39 is 10.0 Å². The molecular weight excluding hydrogens is 592 g/mol. The number of sulfonamides is 1. The fourth-order valence-corrected chi connectivity index (χ4v) is 6.62. The molecular formula is C32H40N8O4S. The minimum Gasteiger partial charge on any atom is -0.494 e. The molecule has 13 heteroatoms. The summed E-state index contributed by atoms with van der Waals surface area (Å²) in [5, 5.41) is 8.04. The number of hydrogen-bond acceptors (Lipinski definition) is 9. The molecule has 2 aliphatic heterocycles. The van der Waals surface area contributed by atoms with Gasteiger partial charge in [-0.1, -0.05) is 18.2 Å². The number of amides is 1. The van der Waals surface area contributed by atoms with E-state index in [-0.39, 0.29) is 11.8 Å². The molecule has 0 unspecified atom stereocenters. The summed E-state index contributed by atoms with van der Waals surface area (Å²) in [5.74, 6) is 1.25. The summed E-state index contributed by atoms with van der Waals surface area (Å²) < 4.78 is 33.4. The van der Waals surface area contributed by atoms with Gasteiger partial charge in [0.25, 0.3) is 0 Å². The van der Waals surface area contributed by atoms with Crippen LogP contribution in [0.4, 0.5) is 23.0 Å².